The van der Waals surface area contributed by atoms with Crippen LogP contribution in [0.3, 0.4) is 0 Å². The van der Waals surface area contributed by atoms with Gasteiger partial charge in [0.2, 0.25) is 0 Å². The fraction of sp³-hybridized carbons (Fsp3) is 0.300. The highest BCUT2D eigenvalue weighted by Gasteiger charge is 2.10. The van der Waals surface area contributed by atoms with Crippen molar-refractivity contribution < 1.29 is 9.18 Å². The molecule has 1 nitrogen and oxygen atoms in total. The second kappa shape index (κ2) is 4.80. The minimum absolute atomic E-state index is 0.0212. The summed E-state index contributed by atoms with van der Waals surface area (Å²) in [6.45, 7) is 3.35. The second-order valence-electron chi connectivity index (χ2n) is 2.93. The zero-order valence-corrected chi connectivity index (χ0v) is 9.45. The monoisotopic (exact) mass is 232 g/mol. The van der Waals surface area contributed by atoms with Gasteiger partial charge in [-0.3, -0.25) is 4.79 Å². The number of benzene rings is 1. The summed E-state index contributed by atoms with van der Waals surface area (Å²) in [5.41, 5.74) is 0.770. The Morgan fingerprint density at radius 1 is 1.57 bits per heavy atom. The molecule has 0 N–H and O–H groups in total. The van der Waals surface area contributed by atoms with Crippen molar-refractivity contribution in [1.29, 1.82) is 0 Å². The van der Waals surface area contributed by atoms with Gasteiger partial charge in [-0.2, -0.15) is 0 Å². The molecule has 1 aromatic carbocycles. The summed E-state index contributed by atoms with van der Waals surface area (Å²) < 4.78 is 13.1. The van der Waals surface area contributed by atoms with Crippen molar-refractivity contribution in [2.24, 2.45) is 0 Å². The van der Waals surface area contributed by atoms with Gasteiger partial charge in [0.1, 0.15) is 5.82 Å². The molecule has 0 heterocycles. The molecule has 0 spiro atoms. The van der Waals surface area contributed by atoms with Gasteiger partial charge in [0.05, 0.1) is 5.02 Å². The first-order valence-electron chi connectivity index (χ1n) is 4.13. The molecule has 0 radical (unpaired) electrons. The molecule has 1 unspecified atom stereocenters. The van der Waals surface area contributed by atoms with Gasteiger partial charge < -0.3 is 0 Å². The molecule has 0 fully saturated rings. The predicted octanol–water partition coefficient (Wildman–Crippen LogP) is 3.82. The van der Waals surface area contributed by atoms with Crippen molar-refractivity contribution in [1.82, 2.24) is 0 Å². The highest BCUT2D eigenvalue weighted by Crippen LogP contribution is 2.30. The number of carbonyl (C=O) groups is 1. The van der Waals surface area contributed by atoms with Gasteiger partial charge in [-0.05, 0) is 24.6 Å². The lowest BCUT2D eigenvalue weighted by molar-refractivity contribution is -0.109. The minimum atomic E-state index is -0.444. The maximum Gasteiger partial charge on any atom is 0.186 e. The third-order valence-corrected chi connectivity index (χ3v) is 3.02. The van der Waals surface area contributed by atoms with Crippen molar-refractivity contribution >= 4 is 28.5 Å². The van der Waals surface area contributed by atoms with E-state index in [4.69, 9.17) is 11.6 Å². The van der Waals surface area contributed by atoms with Gasteiger partial charge in [-0.1, -0.05) is 29.4 Å². The molecule has 14 heavy (non-hydrogen) atoms. The molecule has 4 heteroatoms. The summed E-state index contributed by atoms with van der Waals surface area (Å²) in [5.74, 6) is -0.444. The first-order valence-corrected chi connectivity index (χ1v) is 5.38. The zero-order chi connectivity index (χ0) is 10.7. The first-order chi connectivity index (χ1) is 6.50. The molecular weight excluding hydrogens is 223 g/mol. The smallest absolute Gasteiger partial charge is 0.186 e. The SMILES string of the molecule is CC(=O)SC(C)c1ccc(Cl)c(F)c1. The lowest BCUT2D eigenvalue weighted by Gasteiger charge is -2.09. The lowest BCUT2D eigenvalue weighted by atomic mass is 10.2. The van der Waals surface area contributed by atoms with Crippen LogP contribution in [0.5, 0.6) is 0 Å². The Kier molecular flexibility index (Phi) is 3.96. The first kappa shape index (κ1) is 11.5. The fourth-order valence-corrected chi connectivity index (χ4v) is 1.98. The summed E-state index contributed by atoms with van der Waals surface area (Å²) in [5, 5.41) is 0.0842. The van der Waals surface area contributed by atoms with Crippen molar-refractivity contribution in [3.05, 3.63) is 34.6 Å². The van der Waals surface area contributed by atoms with Gasteiger partial charge in [-0.15, -0.1) is 0 Å². The summed E-state index contributed by atoms with van der Waals surface area (Å²) in [4.78, 5) is 10.8. The van der Waals surface area contributed by atoms with E-state index < -0.39 is 5.82 Å². The van der Waals surface area contributed by atoms with E-state index in [0.29, 0.717) is 0 Å². The highest BCUT2D eigenvalue weighted by molar-refractivity contribution is 8.13. The van der Waals surface area contributed by atoms with Crippen LogP contribution >= 0.6 is 23.4 Å². The van der Waals surface area contributed by atoms with Gasteiger partial charge in [0, 0.05) is 12.2 Å². The maximum absolute atomic E-state index is 13.1. The summed E-state index contributed by atoms with van der Waals surface area (Å²) in [6, 6.07) is 4.60. The summed E-state index contributed by atoms with van der Waals surface area (Å²) in [6.07, 6.45) is 0. The number of thioether (sulfide) groups is 1. The van der Waals surface area contributed by atoms with Crippen molar-refractivity contribution in [2.75, 3.05) is 0 Å². The molecule has 0 saturated carbocycles. The quantitative estimate of drug-likeness (QED) is 0.771. The number of carbonyl (C=O) groups excluding carboxylic acids is 1. The van der Waals surface area contributed by atoms with Crippen molar-refractivity contribution in [2.45, 2.75) is 19.1 Å². The van der Waals surface area contributed by atoms with Gasteiger partial charge in [0.15, 0.2) is 5.12 Å². The summed E-state index contributed by atoms with van der Waals surface area (Å²) in [7, 11) is 0. The number of rotatable bonds is 2. The molecule has 1 rings (SSSR count). The topological polar surface area (TPSA) is 17.1 Å². The maximum atomic E-state index is 13.1. The van der Waals surface area contributed by atoms with Crippen LogP contribution in [0.2, 0.25) is 5.02 Å². The van der Waals surface area contributed by atoms with Crippen LogP contribution in [-0.2, 0) is 4.79 Å². The number of hydrogen-bond donors (Lipinski definition) is 0. The van der Waals surface area contributed by atoms with E-state index in [-0.39, 0.29) is 15.4 Å². The standard InChI is InChI=1S/C10H10ClFOS/c1-6(14-7(2)13)8-3-4-9(11)10(12)5-8/h3-6H,1-2H3. The Morgan fingerprint density at radius 3 is 2.71 bits per heavy atom. The molecule has 0 amide bonds. The predicted molar refractivity (Wildman–Crippen MR) is 58.1 cm³/mol. The lowest BCUT2D eigenvalue weighted by Crippen LogP contribution is -1.93. The average Bonchev–Trinajstić information content (AvgIpc) is 2.08. The third kappa shape index (κ3) is 3.00. The Balaban J connectivity index is 2.85. The van der Waals surface area contributed by atoms with Crippen molar-refractivity contribution in [3.63, 3.8) is 0 Å². The molecule has 0 aliphatic heterocycles. The fourth-order valence-electron chi connectivity index (χ4n) is 1.08. The van der Waals surface area contributed by atoms with Crippen LogP contribution in [0, 0.1) is 5.82 Å². The molecule has 1 aromatic rings. The Bertz CT molecular complexity index is 354. The molecule has 1 atom stereocenters. The van der Waals surface area contributed by atoms with Gasteiger partial charge in [0.25, 0.3) is 0 Å². The van der Waals surface area contributed by atoms with E-state index in [1.54, 1.807) is 6.07 Å². The highest BCUT2D eigenvalue weighted by atomic mass is 35.5. The number of hydrogen-bond acceptors (Lipinski definition) is 2. The Hall–Kier alpha value is -0.540. The molecule has 0 aliphatic carbocycles. The molecule has 0 aromatic heterocycles. The van der Waals surface area contributed by atoms with E-state index >= 15 is 0 Å². The van der Waals surface area contributed by atoms with E-state index in [1.807, 2.05) is 6.92 Å². The normalized spacial score (nSPS) is 12.6. The minimum Gasteiger partial charge on any atom is -0.288 e. The van der Waals surface area contributed by atoms with Gasteiger partial charge >= 0.3 is 0 Å². The van der Waals surface area contributed by atoms with Crippen LogP contribution in [0.1, 0.15) is 24.7 Å². The molecular formula is C10H10ClFOS. The summed E-state index contributed by atoms with van der Waals surface area (Å²) >= 11 is 6.72. The van der Waals surface area contributed by atoms with Crippen LogP contribution in [0.25, 0.3) is 0 Å². The van der Waals surface area contributed by atoms with Crippen LogP contribution < -0.4 is 0 Å². The largest absolute Gasteiger partial charge is 0.288 e. The molecule has 0 aliphatic rings. The van der Waals surface area contributed by atoms with E-state index in [9.17, 15) is 9.18 Å². The van der Waals surface area contributed by atoms with E-state index in [1.165, 1.54) is 30.8 Å². The van der Waals surface area contributed by atoms with E-state index in [2.05, 4.69) is 0 Å². The van der Waals surface area contributed by atoms with Crippen LogP contribution in [-0.4, -0.2) is 5.12 Å². The van der Waals surface area contributed by atoms with Crippen molar-refractivity contribution in [3.8, 4) is 0 Å². The van der Waals surface area contributed by atoms with E-state index in [0.717, 1.165) is 5.56 Å². The Morgan fingerprint density at radius 2 is 2.21 bits per heavy atom. The zero-order valence-electron chi connectivity index (χ0n) is 7.88. The third-order valence-electron chi connectivity index (χ3n) is 1.76. The van der Waals surface area contributed by atoms with Crippen LogP contribution in [0.15, 0.2) is 18.2 Å². The Labute approximate surface area is 91.6 Å². The molecule has 0 bridgehead atoms. The number of halogens is 2. The van der Waals surface area contributed by atoms with Gasteiger partial charge in [-0.25, -0.2) is 4.39 Å². The average molecular weight is 233 g/mol. The van der Waals surface area contributed by atoms with Crippen LogP contribution in [0.4, 0.5) is 4.39 Å². The molecule has 0 saturated heterocycles. The molecule has 76 valence electrons. The second-order valence-corrected chi connectivity index (χ2v) is 4.85.